The Kier molecular flexibility index (Phi) is 1.50. The van der Waals surface area contributed by atoms with Crippen molar-refractivity contribution >= 4 is 5.78 Å². The van der Waals surface area contributed by atoms with Gasteiger partial charge in [0.1, 0.15) is 6.07 Å². The van der Waals surface area contributed by atoms with Crippen LogP contribution < -0.4 is 0 Å². The molecule has 0 saturated heterocycles. The zero-order chi connectivity index (χ0) is 7.56. The zero-order valence-corrected chi connectivity index (χ0v) is 5.29. The first-order chi connectivity index (χ1) is 4.74. The lowest BCUT2D eigenvalue weighted by atomic mass is 10.3. The Morgan fingerprint density at radius 3 is 2.90 bits per heavy atom. The summed E-state index contributed by atoms with van der Waals surface area (Å²) in [6.07, 6.45) is 0. The van der Waals surface area contributed by atoms with Gasteiger partial charge in [-0.05, 0) is 0 Å². The average molecular weight is 136 g/mol. The topological polar surface area (TPSA) is 66.9 Å². The number of carbonyl (C=O) groups is 1. The molecule has 0 amide bonds. The fraction of sp³-hybridized carbons (Fsp3) is 0.167. The highest BCUT2D eigenvalue weighted by Crippen LogP contribution is 2.01. The van der Waals surface area contributed by atoms with Gasteiger partial charge in [0.2, 0.25) is 5.76 Å². The molecule has 4 nitrogen and oxygen atoms in total. The summed E-state index contributed by atoms with van der Waals surface area (Å²) in [5, 5.41) is 11.5. The van der Waals surface area contributed by atoms with E-state index in [-0.39, 0.29) is 17.2 Å². The molecule has 0 atom stereocenters. The highest BCUT2D eigenvalue weighted by atomic mass is 16.5. The fourth-order valence-electron chi connectivity index (χ4n) is 0.494. The van der Waals surface area contributed by atoms with Crippen LogP contribution in [0.15, 0.2) is 10.6 Å². The molecule has 0 unspecified atom stereocenters. The number of Topliss-reactive ketones (excluding diaryl/α,β-unsaturated/α-hetero) is 1. The van der Waals surface area contributed by atoms with Gasteiger partial charge in [-0.3, -0.25) is 4.79 Å². The normalized spacial score (nSPS) is 8.80. The number of rotatable bonds is 1. The van der Waals surface area contributed by atoms with E-state index in [0.29, 0.717) is 0 Å². The molecule has 0 bridgehead atoms. The lowest BCUT2D eigenvalue weighted by molar-refractivity contribution is 0.0978. The maximum absolute atomic E-state index is 10.5. The first-order valence-corrected chi connectivity index (χ1v) is 2.62. The van der Waals surface area contributed by atoms with Crippen molar-refractivity contribution in [3.05, 3.63) is 17.5 Å². The van der Waals surface area contributed by atoms with Gasteiger partial charge in [-0.1, -0.05) is 5.16 Å². The van der Waals surface area contributed by atoms with E-state index in [1.807, 2.05) is 0 Å². The molecular formula is C6H4N2O2. The van der Waals surface area contributed by atoms with E-state index in [2.05, 4.69) is 9.68 Å². The molecule has 0 aliphatic carbocycles. The Morgan fingerprint density at radius 2 is 2.60 bits per heavy atom. The van der Waals surface area contributed by atoms with Crippen molar-refractivity contribution in [1.29, 1.82) is 5.26 Å². The molecule has 1 aromatic rings. The summed E-state index contributed by atoms with van der Waals surface area (Å²) in [7, 11) is 0. The highest BCUT2D eigenvalue weighted by molar-refractivity contribution is 5.91. The molecule has 50 valence electrons. The Morgan fingerprint density at radius 1 is 1.90 bits per heavy atom. The van der Waals surface area contributed by atoms with Crippen LogP contribution in [0.5, 0.6) is 0 Å². The Hall–Kier alpha value is -1.63. The molecule has 0 saturated carbocycles. The van der Waals surface area contributed by atoms with E-state index in [0.717, 1.165) is 0 Å². The van der Waals surface area contributed by atoms with Crippen LogP contribution in [0.1, 0.15) is 23.2 Å². The van der Waals surface area contributed by atoms with Gasteiger partial charge >= 0.3 is 0 Å². The fourth-order valence-corrected chi connectivity index (χ4v) is 0.494. The van der Waals surface area contributed by atoms with Crippen molar-refractivity contribution in [2.24, 2.45) is 0 Å². The third-order valence-corrected chi connectivity index (χ3v) is 0.972. The standard InChI is InChI=1S/C6H4N2O2/c1-4(9)6-2-5(3-7)8-10-6/h2H,1H3. The number of hydrogen-bond acceptors (Lipinski definition) is 4. The lowest BCUT2D eigenvalue weighted by Crippen LogP contribution is -1.85. The molecule has 0 fully saturated rings. The van der Waals surface area contributed by atoms with Crippen molar-refractivity contribution < 1.29 is 9.32 Å². The highest BCUT2D eigenvalue weighted by Gasteiger charge is 2.06. The second-order valence-electron chi connectivity index (χ2n) is 1.74. The molecule has 0 aromatic carbocycles. The van der Waals surface area contributed by atoms with Gasteiger partial charge in [0, 0.05) is 13.0 Å². The van der Waals surface area contributed by atoms with E-state index in [1.54, 1.807) is 6.07 Å². The van der Waals surface area contributed by atoms with Crippen LogP contribution >= 0.6 is 0 Å². The predicted octanol–water partition coefficient (Wildman–Crippen LogP) is 0.749. The van der Waals surface area contributed by atoms with Gasteiger partial charge in [-0.25, -0.2) is 0 Å². The third kappa shape index (κ3) is 1.03. The van der Waals surface area contributed by atoms with E-state index in [1.165, 1.54) is 13.0 Å². The molecule has 0 radical (unpaired) electrons. The summed E-state index contributed by atoms with van der Waals surface area (Å²) in [4.78, 5) is 10.5. The Labute approximate surface area is 57.0 Å². The minimum atomic E-state index is -0.228. The molecule has 1 rings (SSSR count). The molecule has 4 heteroatoms. The van der Waals surface area contributed by atoms with Gasteiger partial charge in [0.05, 0.1) is 0 Å². The molecule has 0 N–H and O–H groups in total. The second kappa shape index (κ2) is 2.31. The monoisotopic (exact) mass is 136 g/mol. The number of hydrogen-bond donors (Lipinski definition) is 0. The smallest absolute Gasteiger partial charge is 0.203 e. The number of nitriles is 1. The van der Waals surface area contributed by atoms with E-state index in [4.69, 9.17) is 5.26 Å². The van der Waals surface area contributed by atoms with Crippen molar-refractivity contribution in [2.75, 3.05) is 0 Å². The largest absolute Gasteiger partial charge is 0.352 e. The van der Waals surface area contributed by atoms with Crippen LogP contribution in [0.25, 0.3) is 0 Å². The zero-order valence-electron chi connectivity index (χ0n) is 5.29. The van der Waals surface area contributed by atoms with Crippen LogP contribution in [0.3, 0.4) is 0 Å². The quantitative estimate of drug-likeness (QED) is 0.534. The van der Waals surface area contributed by atoms with Crippen LogP contribution in [0.4, 0.5) is 0 Å². The molecule has 1 heterocycles. The molecule has 0 aliphatic rings. The summed E-state index contributed by atoms with van der Waals surface area (Å²) >= 11 is 0. The molecular weight excluding hydrogens is 132 g/mol. The van der Waals surface area contributed by atoms with Crippen molar-refractivity contribution in [3.63, 3.8) is 0 Å². The van der Waals surface area contributed by atoms with E-state index in [9.17, 15) is 4.79 Å². The number of carbonyl (C=O) groups excluding carboxylic acids is 1. The van der Waals surface area contributed by atoms with Gasteiger partial charge in [-0.15, -0.1) is 0 Å². The SMILES string of the molecule is CC(=O)c1cc(C#N)no1. The lowest BCUT2D eigenvalue weighted by Gasteiger charge is -1.77. The predicted molar refractivity (Wildman–Crippen MR) is 31.2 cm³/mol. The molecule has 10 heavy (non-hydrogen) atoms. The van der Waals surface area contributed by atoms with E-state index >= 15 is 0 Å². The molecule has 0 spiro atoms. The van der Waals surface area contributed by atoms with Crippen LogP contribution in [0.2, 0.25) is 0 Å². The first-order valence-electron chi connectivity index (χ1n) is 2.62. The Bertz CT molecular complexity index is 295. The van der Waals surface area contributed by atoms with Crippen molar-refractivity contribution in [2.45, 2.75) is 6.92 Å². The number of nitrogens with zero attached hydrogens (tertiary/aromatic N) is 2. The van der Waals surface area contributed by atoms with Gasteiger partial charge in [0.15, 0.2) is 11.5 Å². The average Bonchev–Trinajstić information content (AvgIpc) is 2.34. The summed E-state index contributed by atoms with van der Waals surface area (Å²) < 4.78 is 4.49. The van der Waals surface area contributed by atoms with E-state index < -0.39 is 0 Å². The minimum absolute atomic E-state index is 0.122. The minimum Gasteiger partial charge on any atom is -0.352 e. The Balaban J connectivity index is 3.02. The third-order valence-electron chi connectivity index (χ3n) is 0.972. The summed E-state index contributed by atoms with van der Waals surface area (Å²) in [6.45, 7) is 1.35. The molecule has 1 aromatic heterocycles. The maximum Gasteiger partial charge on any atom is 0.203 e. The van der Waals surface area contributed by atoms with Crippen LogP contribution in [-0.4, -0.2) is 10.9 Å². The maximum atomic E-state index is 10.5. The van der Waals surface area contributed by atoms with Crippen LogP contribution in [0, 0.1) is 11.3 Å². The van der Waals surface area contributed by atoms with Gasteiger partial charge in [0.25, 0.3) is 0 Å². The first kappa shape index (κ1) is 6.49. The summed E-state index contributed by atoms with van der Waals surface area (Å²) in [5.74, 6) is -0.106. The summed E-state index contributed by atoms with van der Waals surface area (Å²) in [5.41, 5.74) is 0.130. The second-order valence-corrected chi connectivity index (χ2v) is 1.74. The number of aromatic nitrogens is 1. The van der Waals surface area contributed by atoms with Crippen LogP contribution in [-0.2, 0) is 0 Å². The molecule has 0 aliphatic heterocycles. The van der Waals surface area contributed by atoms with Crippen molar-refractivity contribution in [1.82, 2.24) is 5.16 Å². The van der Waals surface area contributed by atoms with Gasteiger partial charge < -0.3 is 4.52 Å². The van der Waals surface area contributed by atoms with Gasteiger partial charge in [-0.2, -0.15) is 5.26 Å². The van der Waals surface area contributed by atoms with Crippen molar-refractivity contribution in [3.8, 4) is 6.07 Å². The summed E-state index contributed by atoms with van der Waals surface area (Å²) in [6, 6.07) is 3.05. The number of ketones is 1.